The molecule has 2 rings (SSSR count). The van der Waals surface area contributed by atoms with Crippen LogP contribution in [0.5, 0.6) is 0 Å². The quantitative estimate of drug-likeness (QED) is 0.0522. The number of unbranched alkanes of at least 4 members (excludes halogenated alkanes) is 2. The molecule has 43 heavy (non-hydrogen) atoms. The van der Waals surface area contributed by atoms with Crippen molar-refractivity contribution in [3.05, 3.63) is 47.7 Å². The van der Waals surface area contributed by atoms with Crippen molar-refractivity contribution in [1.82, 2.24) is 20.6 Å². The molecular formula is C29H38N4O10. The van der Waals surface area contributed by atoms with Gasteiger partial charge in [-0.2, -0.15) is 0 Å². The lowest BCUT2D eigenvalue weighted by Crippen LogP contribution is -2.47. The summed E-state index contributed by atoms with van der Waals surface area (Å²) in [7, 11) is 0. The summed E-state index contributed by atoms with van der Waals surface area (Å²) in [5, 5.41) is 33.7. The number of carboxylic acid groups (broad SMARTS) is 2. The maximum Gasteiger partial charge on any atom is 0.323 e. The fraction of sp³-hybridized carbons (Fsp3) is 0.448. The second-order valence-electron chi connectivity index (χ2n) is 9.86. The minimum absolute atomic E-state index is 0.0515. The highest BCUT2D eigenvalue weighted by Crippen LogP contribution is 2.24. The number of carbonyl (C=O) groups excluding carboxylic acids is 4. The van der Waals surface area contributed by atoms with E-state index in [4.69, 9.17) is 14.6 Å². The normalized spacial score (nSPS) is 12.1. The molecule has 14 heteroatoms. The molecule has 14 nitrogen and oxygen atoms in total. The van der Waals surface area contributed by atoms with Crippen LogP contribution in [-0.2, 0) is 19.2 Å². The minimum Gasteiger partial charge on any atom is -0.480 e. The zero-order valence-corrected chi connectivity index (χ0v) is 24.2. The summed E-state index contributed by atoms with van der Waals surface area (Å²) in [6.45, 7) is 2.14. The number of hydrogen-bond donors (Lipinski definition) is 5. The Balaban J connectivity index is 2.03. The molecule has 0 spiro atoms. The van der Waals surface area contributed by atoms with Gasteiger partial charge >= 0.3 is 11.9 Å². The highest BCUT2D eigenvalue weighted by Gasteiger charge is 2.31. The number of aliphatic carboxylic acids is 2. The largest absolute Gasteiger partial charge is 0.480 e. The lowest BCUT2D eigenvalue weighted by atomic mass is 9.89. The van der Waals surface area contributed by atoms with Crippen LogP contribution in [0.3, 0.4) is 0 Å². The van der Waals surface area contributed by atoms with E-state index in [1.807, 2.05) is 13.8 Å². The Morgan fingerprint density at radius 3 is 2.09 bits per heavy atom. The summed E-state index contributed by atoms with van der Waals surface area (Å²) in [5.74, 6) is -4.92. The molecule has 234 valence electrons. The summed E-state index contributed by atoms with van der Waals surface area (Å²) >= 11 is 0. The lowest BCUT2D eigenvalue weighted by molar-refractivity contribution is -0.169. The first-order valence-corrected chi connectivity index (χ1v) is 13.9. The van der Waals surface area contributed by atoms with Gasteiger partial charge in [0, 0.05) is 11.1 Å². The Bertz CT molecular complexity index is 1240. The number of furan rings is 1. The summed E-state index contributed by atoms with van der Waals surface area (Å²) in [6.07, 6.45) is 4.39. The standard InChI is InChI=1S/C29H38N4O10/c1-3-5-6-8-21(22(7-4-2)33(42)18-34)27(39)30-17-31-28(40)24-14-13-23(43-24)19-9-11-20(12-10-19)29(41)32(15-25(35)36)16-26(37)38/h9-14,18,21-22,42H,3-8,15-17H2,1-2H3,(H,30,39)(H,31,40)(H,35,36)(H,37,38)/t21-,22-/m1/s1. The van der Waals surface area contributed by atoms with Gasteiger partial charge < -0.3 is 30.2 Å². The van der Waals surface area contributed by atoms with Gasteiger partial charge in [-0.3, -0.25) is 34.0 Å². The van der Waals surface area contributed by atoms with Crippen LogP contribution < -0.4 is 10.6 Å². The molecule has 0 bridgehead atoms. The van der Waals surface area contributed by atoms with E-state index >= 15 is 0 Å². The molecule has 4 amide bonds. The maximum absolute atomic E-state index is 13.0. The van der Waals surface area contributed by atoms with Crippen molar-refractivity contribution in [1.29, 1.82) is 0 Å². The molecule has 0 aliphatic heterocycles. The molecule has 1 aromatic heterocycles. The van der Waals surface area contributed by atoms with Gasteiger partial charge in [-0.1, -0.05) is 51.7 Å². The van der Waals surface area contributed by atoms with E-state index in [1.165, 1.54) is 36.4 Å². The summed E-state index contributed by atoms with van der Waals surface area (Å²) in [6, 6.07) is 8.03. The molecule has 0 aliphatic rings. The number of benzene rings is 1. The van der Waals surface area contributed by atoms with Crippen LogP contribution in [-0.4, -0.2) is 87.3 Å². The Kier molecular flexibility index (Phi) is 13.9. The molecule has 2 aromatic rings. The number of hydrogen-bond acceptors (Lipinski definition) is 8. The van der Waals surface area contributed by atoms with E-state index in [2.05, 4.69) is 10.6 Å². The van der Waals surface area contributed by atoms with Crippen molar-refractivity contribution < 1.29 is 48.6 Å². The van der Waals surface area contributed by atoms with E-state index in [9.17, 15) is 34.0 Å². The van der Waals surface area contributed by atoms with Crippen LogP contribution in [0.1, 0.15) is 73.3 Å². The third-order valence-electron chi connectivity index (χ3n) is 6.65. The first-order valence-electron chi connectivity index (χ1n) is 13.9. The van der Waals surface area contributed by atoms with Crippen LogP contribution >= 0.6 is 0 Å². The van der Waals surface area contributed by atoms with Crippen LogP contribution in [0, 0.1) is 5.92 Å². The predicted molar refractivity (Wildman–Crippen MR) is 152 cm³/mol. The fourth-order valence-electron chi connectivity index (χ4n) is 4.53. The number of hydroxylamine groups is 2. The average Bonchev–Trinajstić information content (AvgIpc) is 3.47. The smallest absolute Gasteiger partial charge is 0.323 e. The zero-order valence-electron chi connectivity index (χ0n) is 24.2. The summed E-state index contributed by atoms with van der Waals surface area (Å²) in [5.41, 5.74) is 0.561. The van der Waals surface area contributed by atoms with Gasteiger partial charge in [0.2, 0.25) is 12.3 Å². The minimum atomic E-state index is -1.35. The first-order chi connectivity index (χ1) is 20.5. The first kappa shape index (κ1) is 34.5. The Labute approximate surface area is 248 Å². The van der Waals surface area contributed by atoms with E-state index in [1.54, 1.807) is 0 Å². The maximum atomic E-state index is 13.0. The monoisotopic (exact) mass is 602 g/mol. The van der Waals surface area contributed by atoms with E-state index < -0.39 is 54.7 Å². The number of carbonyl (C=O) groups is 6. The summed E-state index contributed by atoms with van der Waals surface area (Å²) in [4.78, 5) is 72.1. The Morgan fingerprint density at radius 2 is 1.53 bits per heavy atom. The second-order valence-corrected chi connectivity index (χ2v) is 9.86. The third kappa shape index (κ3) is 10.6. The number of rotatable bonds is 19. The molecule has 0 saturated heterocycles. The van der Waals surface area contributed by atoms with E-state index in [0.717, 1.165) is 19.3 Å². The highest BCUT2D eigenvalue weighted by atomic mass is 16.5. The number of carboxylic acids is 2. The molecule has 0 saturated carbocycles. The Morgan fingerprint density at radius 1 is 0.884 bits per heavy atom. The number of nitrogens with zero attached hydrogens (tertiary/aromatic N) is 2. The van der Waals surface area contributed by atoms with Gasteiger partial charge in [0.15, 0.2) is 5.76 Å². The van der Waals surface area contributed by atoms with Gasteiger partial charge in [-0.25, -0.2) is 5.06 Å². The van der Waals surface area contributed by atoms with Gasteiger partial charge in [0.05, 0.1) is 18.6 Å². The molecule has 0 radical (unpaired) electrons. The SMILES string of the molecule is CCCCC[C@@H](C(=O)NCNC(=O)c1ccc(-c2ccc(C(=O)N(CC(=O)O)CC(=O)O)cc2)o1)[C@@H](CCC)N(O)C=O. The van der Waals surface area contributed by atoms with Gasteiger partial charge in [0.1, 0.15) is 18.8 Å². The Hall–Kier alpha value is -4.72. The molecule has 0 unspecified atom stereocenters. The fourth-order valence-corrected chi connectivity index (χ4v) is 4.53. The zero-order chi connectivity index (χ0) is 31.9. The van der Waals surface area contributed by atoms with Gasteiger partial charge in [-0.05, 0) is 37.1 Å². The lowest BCUT2D eigenvalue weighted by Gasteiger charge is -2.30. The molecule has 1 heterocycles. The van der Waals surface area contributed by atoms with Gasteiger partial charge in [-0.15, -0.1) is 0 Å². The molecule has 2 atom stereocenters. The highest BCUT2D eigenvalue weighted by molar-refractivity contribution is 5.98. The predicted octanol–water partition coefficient (Wildman–Crippen LogP) is 2.57. The molecule has 5 N–H and O–H groups in total. The van der Waals surface area contributed by atoms with Crippen molar-refractivity contribution in [2.75, 3.05) is 19.8 Å². The van der Waals surface area contributed by atoms with Crippen molar-refractivity contribution in [3.8, 4) is 11.3 Å². The van der Waals surface area contributed by atoms with Crippen LogP contribution in [0.4, 0.5) is 0 Å². The molecule has 0 fully saturated rings. The molecule has 1 aromatic carbocycles. The van der Waals surface area contributed by atoms with Crippen molar-refractivity contribution in [2.24, 2.45) is 5.92 Å². The van der Waals surface area contributed by atoms with E-state index in [0.29, 0.717) is 34.8 Å². The van der Waals surface area contributed by atoms with Crippen molar-refractivity contribution in [3.63, 3.8) is 0 Å². The topological polar surface area (TPSA) is 207 Å². The third-order valence-corrected chi connectivity index (χ3v) is 6.65. The molecule has 0 aliphatic carbocycles. The van der Waals surface area contributed by atoms with Crippen molar-refractivity contribution in [2.45, 2.75) is 58.4 Å². The average molecular weight is 603 g/mol. The van der Waals surface area contributed by atoms with Crippen LogP contribution in [0.25, 0.3) is 11.3 Å². The van der Waals surface area contributed by atoms with E-state index in [-0.39, 0.29) is 30.2 Å². The van der Waals surface area contributed by atoms with Gasteiger partial charge in [0.25, 0.3) is 11.8 Å². The molecular weight excluding hydrogens is 564 g/mol. The number of amides is 4. The second kappa shape index (κ2) is 17.3. The van der Waals surface area contributed by atoms with Crippen LogP contribution in [0.15, 0.2) is 40.8 Å². The number of nitrogens with one attached hydrogen (secondary N) is 2. The van der Waals surface area contributed by atoms with Crippen LogP contribution in [0.2, 0.25) is 0 Å². The summed E-state index contributed by atoms with van der Waals surface area (Å²) < 4.78 is 5.62. The van der Waals surface area contributed by atoms with Crippen molar-refractivity contribution >= 4 is 36.1 Å².